The molecule has 23 heavy (non-hydrogen) atoms. The summed E-state index contributed by atoms with van der Waals surface area (Å²) >= 11 is 0. The van der Waals surface area contributed by atoms with E-state index in [0.717, 1.165) is 23.1 Å². The SMILES string of the molecule is Fc1cccc(-c2ccc(-c3noc(C4=CCCO4)n3)cc2)c1. The lowest BCUT2D eigenvalue weighted by atomic mass is 10.0. The van der Waals surface area contributed by atoms with Crippen LogP contribution in [0.2, 0.25) is 0 Å². The van der Waals surface area contributed by atoms with Crippen molar-refractivity contribution in [3.8, 4) is 22.5 Å². The number of hydrogen-bond acceptors (Lipinski definition) is 4. The number of ether oxygens (including phenoxy) is 1. The highest BCUT2D eigenvalue weighted by Gasteiger charge is 2.16. The lowest BCUT2D eigenvalue weighted by molar-refractivity contribution is 0.285. The van der Waals surface area contributed by atoms with Crippen LogP contribution in [-0.2, 0) is 4.74 Å². The summed E-state index contributed by atoms with van der Waals surface area (Å²) in [4.78, 5) is 4.35. The summed E-state index contributed by atoms with van der Waals surface area (Å²) in [6.07, 6.45) is 2.79. The van der Waals surface area contributed by atoms with Crippen LogP contribution in [0.3, 0.4) is 0 Å². The van der Waals surface area contributed by atoms with Gasteiger partial charge in [-0.2, -0.15) is 4.98 Å². The average Bonchev–Trinajstić information content (AvgIpc) is 3.26. The van der Waals surface area contributed by atoms with Crippen LogP contribution in [0.15, 0.2) is 59.1 Å². The van der Waals surface area contributed by atoms with E-state index in [2.05, 4.69) is 10.1 Å². The molecule has 4 nitrogen and oxygen atoms in total. The summed E-state index contributed by atoms with van der Waals surface area (Å²) in [5.74, 6) is 1.29. The largest absolute Gasteiger partial charge is 0.488 e. The molecule has 114 valence electrons. The van der Waals surface area contributed by atoms with Gasteiger partial charge < -0.3 is 9.26 Å². The van der Waals surface area contributed by atoms with Gasteiger partial charge in [0.25, 0.3) is 5.89 Å². The fraction of sp³-hybridized carbons (Fsp3) is 0.111. The van der Waals surface area contributed by atoms with E-state index in [9.17, 15) is 4.39 Å². The predicted molar refractivity (Wildman–Crippen MR) is 83.7 cm³/mol. The molecule has 2 aromatic carbocycles. The van der Waals surface area contributed by atoms with Crippen LogP contribution in [0.25, 0.3) is 28.3 Å². The number of rotatable bonds is 3. The summed E-state index contributed by atoms with van der Waals surface area (Å²) in [6, 6.07) is 14.1. The molecule has 4 rings (SSSR count). The highest BCUT2D eigenvalue weighted by molar-refractivity contribution is 5.68. The van der Waals surface area contributed by atoms with Crippen LogP contribution in [0.5, 0.6) is 0 Å². The van der Waals surface area contributed by atoms with Crippen LogP contribution in [0, 0.1) is 5.82 Å². The van der Waals surface area contributed by atoms with Crippen LogP contribution in [-0.4, -0.2) is 16.7 Å². The second-order valence-electron chi connectivity index (χ2n) is 5.22. The normalized spacial score (nSPS) is 13.7. The van der Waals surface area contributed by atoms with Gasteiger partial charge in [-0.1, -0.05) is 41.6 Å². The molecular weight excluding hydrogens is 295 g/mol. The zero-order valence-corrected chi connectivity index (χ0v) is 12.2. The van der Waals surface area contributed by atoms with E-state index < -0.39 is 0 Å². The maximum Gasteiger partial charge on any atom is 0.292 e. The quantitative estimate of drug-likeness (QED) is 0.723. The average molecular weight is 308 g/mol. The first-order valence-corrected chi connectivity index (χ1v) is 7.33. The third-order valence-electron chi connectivity index (χ3n) is 3.64. The Labute approximate surface area is 132 Å². The maximum atomic E-state index is 13.3. The standard InChI is InChI=1S/C18H13FN2O2/c19-15-4-1-3-14(11-15)12-6-8-13(9-7-12)17-20-18(23-21-17)16-5-2-10-22-16/h1,3-9,11H,2,10H2. The third kappa shape index (κ3) is 2.73. The number of hydrogen-bond donors (Lipinski definition) is 0. The Kier molecular flexibility index (Phi) is 3.38. The second kappa shape index (κ2) is 5.68. The van der Waals surface area contributed by atoms with E-state index in [0.29, 0.717) is 24.1 Å². The highest BCUT2D eigenvalue weighted by atomic mass is 19.1. The Hall–Kier alpha value is -2.95. The molecule has 0 saturated heterocycles. The van der Waals surface area contributed by atoms with Gasteiger partial charge in [0, 0.05) is 12.0 Å². The Morgan fingerprint density at radius 3 is 2.52 bits per heavy atom. The van der Waals surface area contributed by atoms with E-state index in [4.69, 9.17) is 9.26 Å². The van der Waals surface area contributed by atoms with E-state index in [1.165, 1.54) is 12.1 Å². The smallest absolute Gasteiger partial charge is 0.292 e. The number of halogens is 1. The fourth-order valence-corrected chi connectivity index (χ4v) is 2.49. The van der Waals surface area contributed by atoms with Gasteiger partial charge in [0.2, 0.25) is 5.82 Å². The molecule has 0 unspecified atom stereocenters. The van der Waals surface area contributed by atoms with Gasteiger partial charge in [0.05, 0.1) is 6.61 Å². The van der Waals surface area contributed by atoms with E-state index in [1.807, 2.05) is 36.4 Å². The third-order valence-corrected chi connectivity index (χ3v) is 3.64. The van der Waals surface area contributed by atoms with E-state index >= 15 is 0 Å². The number of aromatic nitrogens is 2. The number of benzene rings is 2. The molecule has 0 bridgehead atoms. The Balaban J connectivity index is 1.61. The molecule has 1 aromatic heterocycles. The van der Waals surface area contributed by atoms with Crippen molar-refractivity contribution in [1.82, 2.24) is 10.1 Å². The Bertz CT molecular complexity index is 869. The van der Waals surface area contributed by atoms with Gasteiger partial charge in [0.1, 0.15) is 5.82 Å². The molecule has 3 aromatic rings. The van der Waals surface area contributed by atoms with Gasteiger partial charge in [-0.25, -0.2) is 4.39 Å². The first-order chi connectivity index (χ1) is 11.3. The Morgan fingerprint density at radius 1 is 0.957 bits per heavy atom. The molecule has 2 heterocycles. The molecule has 0 radical (unpaired) electrons. The zero-order valence-electron chi connectivity index (χ0n) is 12.2. The molecule has 0 amide bonds. The summed E-state index contributed by atoms with van der Waals surface area (Å²) < 4.78 is 23.9. The van der Waals surface area contributed by atoms with Gasteiger partial charge in [-0.15, -0.1) is 0 Å². The first kappa shape index (κ1) is 13.7. The molecule has 5 heteroatoms. The molecule has 0 saturated carbocycles. The van der Waals surface area contributed by atoms with Gasteiger partial charge in [-0.05, 0) is 29.3 Å². The van der Waals surface area contributed by atoms with Crippen molar-refractivity contribution in [3.63, 3.8) is 0 Å². The lowest BCUT2D eigenvalue weighted by Crippen LogP contribution is -1.86. The minimum absolute atomic E-state index is 0.251. The van der Waals surface area contributed by atoms with Crippen LogP contribution in [0.4, 0.5) is 4.39 Å². The molecule has 0 atom stereocenters. The topological polar surface area (TPSA) is 48.2 Å². The van der Waals surface area contributed by atoms with Gasteiger partial charge >= 0.3 is 0 Å². The van der Waals surface area contributed by atoms with Crippen molar-refractivity contribution in [2.24, 2.45) is 0 Å². The molecule has 0 fully saturated rings. The number of nitrogens with zero attached hydrogens (tertiary/aromatic N) is 2. The van der Waals surface area contributed by atoms with Crippen LogP contribution >= 0.6 is 0 Å². The van der Waals surface area contributed by atoms with E-state index in [1.54, 1.807) is 6.07 Å². The van der Waals surface area contributed by atoms with E-state index in [-0.39, 0.29) is 5.82 Å². The fourth-order valence-electron chi connectivity index (χ4n) is 2.49. The predicted octanol–water partition coefficient (Wildman–Crippen LogP) is 4.30. The molecule has 0 spiro atoms. The maximum absolute atomic E-state index is 13.3. The van der Waals surface area contributed by atoms with Crippen molar-refractivity contribution in [3.05, 3.63) is 66.3 Å². The molecule has 0 N–H and O–H groups in total. The van der Waals surface area contributed by atoms with Gasteiger partial charge in [0.15, 0.2) is 5.76 Å². The van der Waals surface area contributed by atoms with Crippen molar-refractivity contribution >= 4 is 5.76 Å². The molecule has 1 aliphatic heterocycles. The Morgan fingerprint density at radius 2 is 1.78 bits per heavy atom. The first-order valence-electron chi connectivity index (χ1n) is 7.33. The van der Waals surface area contributed by atoms with Gasteiger partial charge in [-0.3, -0.25) is 0 Å². The molecule has 0 aliphatic carbocycles. The van der Waals surface area contributed by atoms with Crippen molar-refractivity contribution < 1.29 is 13.7 Å². The lowest BCUT2D eigenvalue weighted by Gasteiger charge is -2.02. The van der Waals surface area contributed by atoms with Crippen molar-refractivity contribution in [2.45, 2.75) is 6.42 Å². The minimum atomic E-state index is -0.251. The summed E-state index contributed by atoms with van der Waals surface area (Å²) in [5, 5.41) is 3.98. The van der Waals surface area contributed by atoms with Crippen LogP contribution in [0.1, 0.15) is 12.3 Å². The summed E-state index contributed by atoms with van der Waals surface area (Å²) in [5.41, 5.74) is 2.59. The van der Waals surface area contributed by atoms with Crippen molar-refractivity contribution in [2.75, 3.05) is 6.61 Å². The summed E-state index contributed by atoms with van der Waals surface area (Å²) in [7, 11) is 0. The van der Waals surface area contributed by atoms with Crippen LogP contribution < -0.4 is 0 Å². The van der Waals surface area contributed by atoms with Crippen molar-refractivity contribution in [1.29, 1.82) is 0 Å². The summed E-state index contributed by atoms with van der Waals surface area (Å²) in [6.45, 7) is 0.648. The molecular formula is C18H13FN2O2. The zero-order chi connectivity index (χ0) is 15.6. The minimum Gasteiger partial charge on any atom is -0.488 e. The monoisotopic (exact) mass is 308 g/mol. The second-order valence-corrected chi connectivity index (χ2v) is 5.22. The molecule has 1 aliphatic rings. The highest BCUT2D eigenvalue weighted by Crippen LogP contribution is 2.26.